The summed E-state index contributed by atoms with van der Waals surface area (Å²) >= 11 is 6.10. The second kappa shape index (κ2) is 6.47. The number of hydrogen-bond acceptors (Lipinski definition) is 4. The van der Waals surface area contributed by atoms with Crippen molar-refractivity contribution in [2.45, 2.75) is 0 Å². The lowest BCUT2D eigenvalue weighted by molar-refractivity contribution is 0.0601. The van der Waals surface area contributed by atoms with Gasteiger partial charge in [0.2, 0.25) is 0 Å². The molecule has 5 heteroatoms. The molecule has 1 rings (SSSR count). The molecule has 0 saturated carbocycles. The Hall–Kier alpha value is -1.26. The van der Waals surface area contributed by atoms with Gasteiger partial charge in [-0.1, -0.05) is 11.6 Å². The van der Waals surface area contributed by atoms with Crippen LogP contribution in [0, 0.1) is 0 Å². The first-order valence-corrected chi connectivity index (χ1v) is 5.71. The van der Waals surface area contributed by atoms with Crippen LogP contribution in [0.15, 0.2) is 18.2 Å². The Bertz CT molecular complexity index is 396. The molecule has 0 aromatic heterocycles. The van der Waals surface area contributed by atoms with Crippen molar-refractivity contribution in [3.8, 4) is 0 Å². The summed E-state index contributed by atoms with van der Waals surface area (Å²) < 4.78 is 4.68. The van der Waals surface area contributed by atoms with Crippen molar-refractivity contribution in [2.24, 2.45) is 0 Å². The third-order valence-electron chi connectivity index (χ3n) is 2.48. The number of methoxy groups -OCH3 is 1. The van der Waals surface area contributed by atoms with Crippen LogP contribution in [-0.2, 0) is 4.74 Å². The number of carbonyl (C=O) groups excluding carboxylic acids is 1. The monoisotopic (exact) mass is 256 g/mol. The third kappa shape index (κ3) is 3.61. The summed E-state index contributed by atoms with van der Waals surface area (Å²) in [4.78, 5) is 13.4. The molecule has 17 heavy (non-hydrogen) atoms. The number of carbonyl (C=O) groups is 1. The average Bonchev–Trinajstić information content (AvgIpc) is 2.35. The van der Waals surface area contributed by atoms with Gasteiger partial charge in [-0.25, -0.2) is 4.79 Å². The van der Waals surface area contributed by atoms with E-state index in [1.165, 1.54) is 7.11 Å². The van der Waals surface area contributed by atoms with Crippen LogP contribution < -0.4 is 10.2 Å². The Morgan fingerprint density at radius 3 is 2.82 bits per heavy atom. The van der Waals surface area contributed by atoms with Gasteiger partial charge in [0.1, 0.15) is 0 Å². The molecule has 0 heterocycles. The van der Waals surface area contributed by atoms with Crippen molar-refractivity contribution in [2.75, 3.05) is 39.2 Å². The van der Waals surface area contributed by atoms with Crippen molar-refractivity contribution in [3.05, 3.63) is 28.8 Å². The van der Waals surface area contributed by atoms with Crippen LogP contribution in [0.1, 0.15) is 10.4 Å². The van der Waals surface area contributed by atoms with Crippen LogP contribution in [0.3, 0.4) is 0 Å². The predicted molar refractivity (Wildman–Crippen MR) is 70.0 cm³/mol. The standard InChI is InChI=1S/C12H17ClN2O2/c1-14-6-7-15(2)11-8-9(12(16)17-3)4-5-10(11)13/h4-5,8,14H,6-7H2,1-3H3. The number of halogens is 1. The van der Waals surface area contributed by atoms with E-state index in [2.05, 4.69) is 10.1 Å². The van der Waals surface area contributed by atoms with Crippen molar-refractivity contribution >= 4 is 23.3 Å². The Labute approximate surface area is 107 Å². The molecule has 0 radical (unpaired) electrons. The van der Waals surface area contributed by atoms with E-state index in [0.29, 0.717) is 10.6 Å². The van der Waals surface area contributed by atoms with E-state index < -0.39 is 0 Å². The lowest BCUT2D eigenvalue weighted by atomic mass is 10.2. The highest BCUT2D eigenvalue weighted by molar-refractivity contribution is 6.33. The summed E-state index contributed by atoms with van der Waals surface area (Å²) in [6.45, 7) is 1.65. The smallest absolute Gasteiger partial charge is 0.337 e. The normalized spacial score (nSPS) is 10.1. The fourth-order valence-corrected chi connectivity index (χ4v) is 1.71. The van der Waals surface area contributed by atoms with Crippen LogP contribution in [0.2, 0.25) is 5.02 Å². The van der Waals surface area contributed by atoms with Crippen LogP contribution in [0.4, 0.5) is 5.69 Å². The van der Waals surface area contributed by atoms with Gasteiger partial charge in [0, 0.05) is 20.1 Å². The van der Waals surface area contributed by atoms with Crippen LogP contribution in [0.5, 0.6) is 0 Å². The third-order valence-corrected chi connectivity index (χ3v) is 2.80. The summed E-state index contributed by atoms with van der Waals surface area (Å²) in [7, 11) is 5.18. The molecule has 0 spiro atoms. The molecule has 1 aromatic carbocycles. The van der Waals surface area contributed by atoms with Crippen LogP contribution in [0.25, 0.3) is 0 Å². The van der Waals surface area contributed by atoms with E-state index in [0.717, 1.165) is 18.8 Å². The minimum Gasteiger partial charge on any atom is -0.465 e. The average molecular weight is 257 g/mol. The van der Waals surface area contributed by atoms with E-state index >= 15 is 0 Å². The molecule has 0 saturated heterocycles. The molecule has 1 N–H and O–H groups in total. The van der Waals surface area contributed by atoms with E-state index in [-0.39, 0.29) is 5.97 Å². The van der Waals surface area contributed by atoms with Gasteiger partial charge in [-0.2, -0.15) is 0 Å². The molecule has 0 aliphatic rings. The largest absolute Gasteiger partial charge is 0.465 e. The highest BCUT2D eigenvalue weighted by Gasteiger charge is 2.11. The molecule has 0 aliphatic carbocycles. The molecule has 0 unspecified atom stereocenters. The molecule has 0 atom stereocenters. The second-order valence-electron chi connectivity index (χ2n) is 3.68. The first-order valence-electron chi connectivity index (χ1n) is 5.33. The first-order chi connectivity index (χ1) is 8.10. The lowest BCUT2D eigenvalue weighted by Gasteiger charge is -2.20. The van der Waals surface area contributed by atoms with Crippen LogP contribution >= 0.6 is 11.6 Å². The fourth-order valence-electron chi connectivity index (χ4n) is 1.45. The van der Waals surface area contributed by atoms with Gasteiger partial charge in [-0.15, -0.1) is 0 Å². The summed E-state index contributed by atoms with van der Waals surface area (Å²) in [5, 5.41) is 3.68. The maximum absolute atomic E-state index is 11.4. The maximum Gasteiger partial charge on any atom is 0.337 e. The Kier molecular flexibility index (Phi) is 5.25. The molecule has 1 aromatic rings. The first kappa shape index (κ1) is 13.8. The Morgan fingerprint density at radius 1 is 1.53 bits per heavy atom. The zero-order valence-electron chi connectivity index (χ0n) is 10.3. The minimum absolute atomic E-state index is 0.357. The van der Waals surface area contributed by atoms with Gasteiger partial charge in [-0.05, 0) is 25.2 Å². The highest BCUT2D eigenvalue weighted by Crippen LogP contribution is 2.26. The predicted octanol–water partition coefficient (Wildman–Crippen LogP) is 1.78. The van der Waals surface area contributed by atoms with E-state index in [4.69, 9.17) is 11.6 Å². The van der Waals surface area contributed by atoms with Crippen molar-refractivity contribution in [3.63, 3.8) is 0 Å². The SMILES string of the molecule is CNCCN(C)c1cc(C(=O)OC)ccc1Cl. The van der Waals surface area contributed by atoms with Crippen LogP contribution in [-0.4, -0.2) is 40.3 Å². The summed E-state index contributed by atoms with van der Waals surface area (Å²) in [6, 6.07) is 5.10. The molecule has 4 nitrogen and oxygen atoms in total. The van der Waals surface area contributed by atoms with Crippen molar-refractivity contribution in [1.29, 1.82) is 0 Å². The summed E-state index contributed by atoms with van der Waals surface area (Å²) in [6.07, 6.45) is 0. The number of nitrogens with one attached hydrogen (secondary N) is 1. The topological polar surface area (TPSA) is 41.6 Å². The lowest BCUT2D eigenvalue weighted by Crippen LogP contribution is -2.27. The Balaban J connectivity index is 2.93. The number of ether oxygens (including phenoxy) is 1. The van der Waals surface area contributed by atoms with Gasteiger partial charge >= 0.3 is 5.97 Å². The zero-order valence-corrected chi connectivity index (χ0v) is 11.0. The number of nitrogens with zero attached hydrogens (tertiary/aromatic N) is 1. The summed E-state index contributed by atoms with van der Waals surface area (Å²) in [5.41, 5.74) is 1.33. The molecule has 0 aliphatic heterocycles. The highest BCUT2D eigenvalue weighted by atomic mass is 35.5. The van der Waals surface area contributed by atoms with Crippen molar-refractivity contribution in [1.82, 2.24) is 5.32 Å². The zero-order chi connectivity index (χ0) is 12.8. The number of hydrogen-bond donors (Lipinski definition) is 1. The number of likely N-dealkylation sites (N-methyl/N-ethyl adjacent to an activating group) is 2. The molecule has 94 valence electrons. The van der Waals surface area contributed by atoms with Gasteiger partial charge < -0.3 is 15.0 Å². The van der Waals surface area contributed by atoms with Gasteiger partial charge in [0.05, 0.1) is 23.4 Å². The summed E-state index contributed by atoms with van der Waals surface area (Å²) in [5.74, 6) is -0.357. The number of benzene rings is 1. The van der Waals surface area contributed by atoms with Gasteiger partial charge in [0.15, 0.2) is 0 Å². The fraction of sp³-hybridized carbons (Fsp3) is 0.417. The number of rotatable bonds is 5. The number of anilines is 1. The maximum atomic E-state index is 11.4. The molecule has 0 amide bonds. The van der Waals surface area contributed by atoms with Gasteiger partial charge in [0.25, 0.3) is 0 Å². The molecular formula is C12H17ClN2O2. The molecule has 0 fully saturated rings. The van der Waals surface area contributed by atoms with Crippen molar-refractivity contribution < 1.29 is 9.53 Å². The molecule has 0 bridgehead atoms. The molecular weight excluding hydrogens is 240 g/mol. The van der Waals surface area contributed by atoms with Gasteiger partial charge in [-0.3, -0.25) is 0 Å². The van der Waals surface area contributed by atoms with E-state index in [1.54, 1.807) is 18.2 Å². The quantitative estimate of drug-likeness (QED) is 0.816. The van der Waals surface area contributed by atoms with E-state index in [1.807, 2.05) is 19.0 Å². The minimum atomic E-state index is -0.357. The van der Waals surface area contributed by atoms with E-state index in [9.17, 15) is 4.79 Å². The Morgan fingerprint density at radius 2 is 2.24 bits per heavy atom. The number of esters is 1. The second-order valence-corrected chi connectivity index (χ2v) is 4.09.